The molecule has 0 aromatic heterocycles. The van der Waals surface area contributed by atoms with E-state index < -0.39 is 28.3 Å². The molecular formula is C23H30N2O7S. The molecule has 0 bridgehead atoms. The van der Waals surface area contributed by atoms with E-state index in [4.69, 9.17) is 14.2 Å². The maximum atomic E-state index is 12.8. The van der Waals surface area contributed by atoms with E-state index in [1.807, 2.05) is 24.3 Å². The number of hydrogen-bond donors (Lipinski definition) is 3. The molecule has 0 aliphatic carbocycles. The minimum atomic E-state index is -3.83. The Morgan fingerprint density at radius 2 is 1.82 bits per heavy atom. The monoisotopic (exact) mass is 478 g/mol. The van der Waals surface area contributed by atoms with Gasteiger partial charge in [-0.2, -0.15) is 0 Å². The van der Waals surface area contributed by atoms with Gasteiger partial charge in [0.1, 0.15) is 11.5 Å². The molecular weight excluding hydrogens is 448 g/mol. The van der Waals surface area contributed by atoms with Gasteiger partial charge in [-0.3, -0.25) is 4.79 Å². The van der Waals surface area contributed by atoms with Crippen LogP contribution in [0.5, 0.6) is 11.5 Å². The Kier molecular flexibility index (Phi) is 8.67. The smallest absolute Gasteiger partial charge is 0.241 e. The van der Waals surface area contributed by atoms with E-state index >= 15 is 0 Å². The van der Waals surface area contributed by atoms with Crippen LogP contribution in [-0.2, 0) is 26.1 Å². The molecule has 3 atom stereocenters. The number of carbonyl (C=O) groups is 1. The SMILES string of the molecule is COc1ccc(CNC(=O)C[C@H]2CC[C@@H](NS(=O)(=O)c3cccc(OC)c3)[C@H](CO)O2)cc1. The first-order valence-corrected chi connectivity index (χ1v) is 12.1. The molecule has 1 heterocycles. The lowest BCUT2D eigenvalue weighted by Crippen LogP contribution is -2.51. The van der Waals surface area contributed by atoms with Gasteiger partial charge in [0.2, 0.25) is 15.9 Å². The lowest BCUT2D eigenvalue weighted by Gasteiger charge is -2.35. The van der Waals surface area contributed by atoms with E-state index in [0.717, 1.165) is 11.3 Å². The molecule has 1 aliphatic rings. The predicted molar refractivity (Wildman–Crippen MR) is 122 cm³/mol. The molecule has 180 valence electrons. The van der Waals surface area contributed by atoms with Gasteiger partial charge in [-0.15, -0.1) is 0 Å². The van der Waals surface area contributed by atoms with Crippen molar-refractivity contribution in [3.05, 3.63) is 54.1 Å². The minimum absolute atomic E-state index is 0.0681. The molecule has 33 heavy (non-hydrogen) atoms. The summed E-state index contributed by atoms with van der Waals surface area (Å²) < 4.78 is 44.2. The normalized spacial score (nSPS) is 20.8. The first kappa shape index (κ1) is 25.0. The first-order chi connectivity index (χ1) is 15.8. The fourth-order valence-electron chi connectivity index (χ4n) is 3.68. The number of amides is 1. The standard InChI is InChI=1S/C23H30N2O7S/c1-30-17-8-6-16(7-9-17)14-24-23(27)13-19-10-11-21(22(15-26)32-19)25-33(28,29)20-5-3-4-18(12-20)31-2/h3-9,12,19,21-22,25-26H,10-11,13-15H2,1-2H3,(H,24,27)/t19-,21-,22+/m1/s1. The van der Waals surface area contributed by atoms with E-state index in [1.165, 1.54) is 19.2 Å². The number of methoxy groups -OCH3 is 2. The van der Waals surface area contributed by atoms with Crippen molar-refractivity contribution in [1.82, 2.24) is 10.0 Å². The van der Waals surface area contributed by atoms with Gasteiger partial charge in [-0.25, -0.2) is 13.1 Å². The van der Waals surface area contributed by atoms with Crippen LogP contribution in [-0.4, -0.2) is 58.5 Å². The van der Waals surface area contributed by atoms with Crippen molar-refractivity contribution in [2.24, 2.45) is 0 Å². The Bertz CT molecular complexity index is 1030. The number of aliphatic hydroxyl groups is 1. The summed E-state index contributed by atoms with van der Waals surface area (Å²) in [7, 11) is -0.776. The first-order valence-electron chi connectivity index (χ1n) is 10.7. The summed E-state index contributed by atoms with van der Waals surface area (Å²) in [4.78, 5) is 12.4. The maximum Gasteiger partial charge on any atom is 0.241 e. The van der Waals surface area contributed by atoms with Gasteiger partial charge in [0, 0.05) is 12.6 Å². The van der Waals surface area contributed by atoms with E-state index in [-0.39, 0.29) is 23.8 Å². The van der Waals surface area contributed by atoms with Gasteiger partial charge in [-0.1, -0.05) is 18.2 Å². The van der Waals surface area contributed by atoms with Gasteiger partial charge >= 0.3 is 0 Å². The number of nitrogens with one attached hydrogen (secondary N) is 2. The van der Waals surface area contributed by atoms with E-state index in [1.54, 1.807) is 19.2 Å². The molecule has 1 saturated heterocycles. The molecule has 0 radical (unpaired) electrons. The molecule has 0 saturated carbocycles. The van der Waals surface area contributed by atoms with Crippen LogP contribution in [0.3, 0.4) is 0 Å². The fourth-order valence-corrected chi connectivity index (χ4v) is 5.01. The number of ether oxygens (including phenoxy) is 3. The molecule has 1 aliphatic heterocycles. The Balaban J connectivity index is 1.52. The summed E-state index contributed by atoms with van der Waals surface area (Å²) in [5, 5.41) is 12.6. The zero-order valence-electron chi connectivity index (χ0n) is 18.7. The summed E-state index contributed by atoms with van der Waals surface area (Å²) in [6.07, 6.45) is -0.112. The third-order valence-electron chi connectivity index (χ3n) is 5.52. The van der Waals surface area contributed by atoms with Gasteiger partial charge in [0.05, 0.1) is 50.4 Å². The highest BCUT2D eigenvalue weighted by molar-refractivity contribution is 7.89. The van der Waals surface area contributed by atoms with Gasteiger partial charge in [0.15, 0.2) is 0 Å². The Labute approximate surface area is 194 Å². The Hall–Kier alpha value is -2.66. The van der Waals surface area contributed by atoms with Crippen molar-refractivity contribution in [3.63, 3.8) is 0 Å². The summed E-state index contributed by atoms with van der Waals surface area (Å²) in [5.74, 6) is 0.993. The van der Waals surface area contributed by atoms with Crippen molar-refractivity contribution in [2.75, 3.05) is 20.8 Å². The van der Waals surface area contributed by atoms with Crippen molar-refractivity contribution < 1.29 is 32.5 Å². The molecule has 9 nitrogen and oxygen atoms in total. The number of hydrogen-bond acceptors (Lipinski definition) is 7. The van der Waals surface area contributed by atoms with Crippen LogP contribution < -0.4 is 19.5 Å². The van der Waals surface area contributed by atoms with Gasteiger partial charge in [-0.05, 0) is 42.7 Å². The average molecular weight is 479 g/mol. The number of carbonyl (C=O) groups excluding carboxylic acids is 1. The van der Waals surface area contributed by atoms with Crippen LogP contribution in [0.25, 0.3) is 0 Å². The zero-order chi connectivity index (χ0) is 23.8. The molecule has 1 fully saturated rings. The second kappa shape index (κ2) is 11.5. The molecule has 0 spiro atoms. The van der Waals surface area contributed by atoms with E-state index in [0.29, 0.717) is 25.1 Å². The second-order valence-electron chi connectivity index (χ2n) is 7.79. The van der Waals surface area contributed by atoms with Crippen LogP contribution in [0, 0.1) is 0 Å². The lowest BCUT2D eigenvalue weighted by molar-refractivity contribution is -0.130. The quantitative estimate of drug-likeness (QED) is 0.474. The summed E-state index contributed by atoms with van der Waals surface area (Å²) in [6.45, 7) is 0.0111. The van der Waals surface area contributed by atoms with Crippen LogP contribution >= 0.6 is 0 Å². The molecule has 0 unspecified atom stereocenters. The molecule has 10 heteroatoms. The van der Waals surface area contributed by atoms with Crippen molar-refractivity contribution >= 4 is 15.9 Å². The van der Waals surface area contributed by atoms with Gasteiger partial charge in [0.25, 0.3) is 0 Å². The topological polar surface area (TPSA) is 123 Å². The third-order valence-corrected chi connectivity index (χ3v) is 7.00. The summed E-state index contributed by atoms with van der Waals surface area (Å²) >= 11 is 0. The summed E-state index contributed by atoms with van der Waals surface area (Å²) in [6, 6.07) is 12.9. The van der Waals surface area contributed by atoms with Crippen molar-refractivity contribution in [3.8, 4) is 11.5 Å². The average Bonchev–Trinajstić information content (AvgIpc) is 2.83. The van der Waals surface area contributed by atoms with E-state index in [9.17, 15) is 18.3 Å². The third kappa shape index (κ3) is 6.91. The Morgan fingerprint density at radius 3 is 2.48 bits per heavy atom. The lowest BCUT2D eigenvalue weighted by atomic mass is 9.98. The number of benzene rings is 2. The number of aliphatic hydroxyl groups excluding tert-OH is 1. The zero-order valence-corrected chi connectivity index (χ0v) is 19.5. The van der Waals surface area contributed by atoms with Gasteiger partial charge < -0.3 is 24.6 Å². The van der Waals surface area contributed by atoms with Crippen LogP contribution in [0.2, 0.25) is 0 Å². The molecule has 1 amide bonds. The number of sulfonamides is 1. The second-order valence-corrected chi connectivity index (χ2v) is 9.51. The largest absolute Gasteiger partial charge is 0.497 e. The molecule has 2 aromatic carbocycles. The molecule has 2 aromatic rings. The number of rotatable bonds is 10. The van der Waals surface area contributed by atoms with Crippen molar-refractivity contribution in [1.29, 1.82) is 0 Å². The highest BCUT2D eigenvalue weighted by Crippen LogP contribution is 2.24. The highest BCUT2D eigenvalue weighted by Gasteiger charge is 2.34. The van der Waals surface area contributed by atoms with E-state index in [2.05, 4.69) is 10.0 Å². The Morgan fingerprint density at radius 1 is 1.09 bits per heavy atom. The highest BCUT2D eigenvalue weighted by atomic mass is 32.2. The fraction of sp³-hybridized carbons (Fsp3) is 0.435. The van der Waals surface area contributed by atoms with Crippen LogP contribution in [0.4, 0.5) is 0 Å². The molecule has 3 N–H and O–H groups in total. The predicted octanol–water partition coefficient (Wildman–Crippen LogP) is 1.60. The van der Waals surface area contributed by atoms with Crippen LogP contribution in [0.15, 0.2) is 53.4 Å². The molecule has 3 rings (SSSR count). The minimum Gasteiger partial charge on any atom is -0.497 e. The maximum absolute atomic E-state index is 12.8. The van der Waals surface area contributed by atoms with Crippen molar-refractivity contribution in [2.45, 2.75) is 49.0 Å². The summed E-state index contributed by atoms with van der Waals surface area (Å²) in [5.41, 5.74) is 0.939. The van der Waals surface area contributed by atoms with Crippen LogP contribution in [0.1, 0.15) is 24.8 Å².